The molecule has 0 amide bonds. The fourth-order valence-corrected chi connectivity index (χ4v) is 0.953. The van der Waals surface area contributed by atoms with Crippen LogP contribution in [0.3, 0.4) is 0 Å². The van der Waals surface area contributed by atoms with Crippen LogP contribution in [-0.4, -0.2) is 6.08 Å². The SMILES string of the molecule is Cc1cccc(N=C=O)c1OC#N. The first-order valence-electron chi connectivity index (χ1n) is 3.53. The third-order valence-corrected chi connectivity index (χ3v) is 1.50. The molecule has 0 aromatic heterocycles. The highest BCUT2D eigenvalue weighted by atomic mass is 16.5. The van der Waals surface area contributed by atoms with Crippen molar-refractivity contribution < 1.29 is 9.53 Å². The fraction of sp³-hybridized carbons (Fsp3) is 0.111. The van der Waals surface area contributed by atoms with Crippen LogP contribution in [0.15, 0.2) is 23.2 Å². The van der Waals surface area contributed by atoms with Gasteiger partial charge in [0.2, 0.25) is 6.08 Å². The minimum atomic E-state index is 0.299. The lowest BCUT2D eigenvalue weighted by Gasteiger charge is -2.02. The average molecular weight is 174 g/mol. The van der Waals surface area contributed by atoms with E-state index in [1.807, 2.05) is 0 Å². The summed E-state index contributed by atoms with van der Waals surface area (Å²) in [5.74, 6) is 0.299. The Labute approximate surface area is 75.1 Å². The Hall–Kier alpha value is -2.11. The van der Waals surface area contributed by atoms with Crippen LogP contribution in [-0.2, 0) is 4.79 Å². The van der Waals surface area contributed by atoms with Crippen LogP contribution in [0.4, 0.5) is 5.69 Å². The van der Waals surface area contributed by atoms with E-state index >= 15 is 0 Å². The van der Waals surface area contributed by atoms with E-state index in [0.717, 1.165) is 5.56 Å². The standard InChI is InChI=1S/C9H6N2O2/c1-7-3-2-4-8(11-6-12)9(7)13-5-10/h2-4H,1H3. The molecule has 0 radical (unpaired) electrons. The number of para-hydroxylation sites is 1. The number of ether oxygens (including phenoxy) is 1. The minimum Gasteiger partial charge on any atom is -0.385 e. The van der Waals surface area contributed by atoms with Gasteiger partial charge in [0.1, 0.15) is 5.69 Å². The van der Waals surface area contributed by atoms with Crippen molar-refractivity contribution in [2.75, 3.05) is 0 Å². The summed E-state index contributed by atoms with van der Waals surface area (Å²) in [6, 6.07) is 5.05. The highest BCUT2D eigenvalue weighted by Gasteiger charge is 2.05. The lowest BCUT2D eigenvalue weighted by atomic mass is 10.2. The molecule has 0 spiro atoms. The molecule has 0 fully saturated rings. The van der Waals surface area contributed by atoms with Crippen LogP contribution in [0.5, 0.6) is 5.75 Å². The van der Waals surface area contributed by atoms with E-state index in [1.165, 1.54) is 12.3 Å². The summed E-state index contributed by atoms with van der Waals surface area (Å²) in [6.07, 6.45) is 2.93. The molecular formula is C9H6N2O2. The predicted molar refractivity (Wildman–Crippen MR) is 45.2 cm³/mol. The van der Waals surface area contributed by atoms with Gasteiger partial charge in [0.25, 0.3) is 6.26 Å². The molecule has 0 saturated heterocycles. The van der Waals surface area contributed by atoms with Crippen LogP contribution < -0.4 is 4.74 Å². The van der Waals surface area contributed by atoms with Gasteiger partial charge in [-0.05, 0) is 18.6 Å². The molecule has 0 saturated carbocycles. The highest BCUT2D eigenvalue weighted by Crippen LogP contribution is 2.30. The van der Waals surface area contributed by atoms with Gasteiger partial charge >= 0.3 is 0 Å². The summed E-state index contributed by atoms with van der Waals surface area (Å²) in [4.78, 5) is 13.4. The zero-order chi connectivity index (χ0) is 9.68. The molecule has 0 aliphatic rings. The lowest BCUT2D eigenvalue weighted by Crippen LogP contribution is -1.86. The number of hydrogen-bond donors (Lipinski definition) is 0. The molecule has 0 N–H and O–H groups in total. The van der Waals surface area contributed by atoms with Crippen molar-refractivity contribution >= 4 is 11.8 Å². The second kappa shape index (κ2) is 4.05. The van der Waals surface area contributed by atoms with E-state index in [2.05, 4.69) is 9.73 Å². The van der Waals surface area contributed by atoms with E-state index in [1.54, 1.807) is 25.1 Å². The largest absolute Gasteiger partial charge is 0.385 e. The molecular weight excluding hydrogens is 168 g/mol. The molecule has 0 aliphatic heterocycles. The van der Waals surface area contributed by atoms with Crippen LogP contribution in [0.1, 0.15) is 5.56 Å². The molecule has 0 unspecified atom stereocenters. The maximum absolute atomic E-state index is 10.0. The van der Waals surface area contributed by atoms with Crippen molar-refractivity contribution in [1.82, 2.24) is 0 Å². The quantitative estimate of drug-likeness (QED) is 0.390. The van der Waals surface area contributed by atoms with Crippen molar-refractivity contribution in [1.29, 1.82) is 5.26 Å². The molecule has 1 rings (SSSR count). The molecule has 1 aromatic carbocycles. The zero-order valence-corrected chi connectivity index (χ0v) is 6.94. The van der Waals surface area contributed by atoms with Gasteiger partial charge in [-0.1, -0.05) is 12.1 Å². The van der Waals surface area contributed by atoms with Crippen molar-refractivity contribution in [3.05, 3.63) is 23.8 Å². The van der Waals surface area contributed by atoms with Gasteiger partial charge in [0.15, 0.2) is 5.75 Å². The van der Waals surface area contributed by atoms with Crippen LogP contribution >= 0.6 is 0 Å². The van der Waals surface area contributed by atoms with Gasteiger partial charge in [-0.25, -0.2) is 4.79 Å². The smallest absolute Gasteiger partial charge is 0.292 e. The van der Waals surface area contributed by atoms with Gasteiger partial charge < -0.3 is 4.74 Å². The molecule has 1 aromatic rings. The predicted octanol–water partition coefficient (Wildman–Crippen LogP) is 1.82. The second-order valence-electron chi connectivity index (χ2n) is 2.32. The highest BCUT2D eigenvalue weighted by molar-refractivity contribution is 5.60. The first-order chi connectivity index (χ1) is 6.29. The number of hydrogen-bond acceptors (Lipinski definition) is 4. The minimum absolute atomic E-state index is 0.299. The number of aryl methyl sites for hydroxylation is 1. The van der Waals surface area contributed by atoms with E-state index in [9.17, 15) is 4.79 Å². The van der Waals surface area contributed by atoms with Crippen molar-refractivity contribution in [2.45, 2.75) is 6.92 Å². The molecule has 0 heterocycles. The number of aliphatic imine (C=N–C) groups is 1. The van der Waals surface area contributed by atoms with Gasteiger partial charge in [0, 0.05) is 0 Å². The molecule has 4 nitrogen and oxygen atoms in total. The number of nitrogens with zero attached hydrogens (tertiary/aromatic N) is 2. The van der Waals surface area contributed by atoms with Gasteiger partial charge in [-0.15, -0.1) is 5.26 Å². The summed E-state index contributed by atoms with van der Waals surface area (Å²) in [6.45, 7) is 1.76. The van der Waals surface area contributed by atoms with E-state index < -0.39 is 0 Å². The number of nitriles is 1. The summed E-state index contributed by atoms with van der Waals surface area (Å²) in [5.41, 5.74) is 1.06. The molecule has 0 aliphatic carbocycles. The Morgan fingerprint density at radius 1 is 1.54 bits per heavy atom. The van der Waals surface area contributed by atoms with Crippen molar-refractivity contribution in [3.63, 3.8) is 0 Å². The molecule has 4 heteroatoms. The first-order valence-corrected chi connectivity index (χ1v) is 3.53. The van der Waals surface area contributed by atoms with Gasteiger partial charge in [-0.3, -0.25) is 0 Å². The molecule has 64 valence electrons. The summed E-state index contributed by atoms with van der Waals surface area (Å²) < 4.78 is 4.65. The fourth-order valence-electron chi connectivity index (χ4n) is 0.953. The Morgan fingerprint density at radius 2 is 2.31 bits per heavy atom. The summed E-state index contributed by atoms with van der Waals surface area (Å²) >= 11 is 0. The van der Waals surface area contributed by atoms with Crippen LogP contribution in [0.25, 0.3) is 0 Å². The van der Waals surface area contributed by atoms with E-state index in [-0.39, 0.29) is 0 Å². The van der Waals surface area contributed by atoms with Crippen molar-refractivity contribution in [3.8, 4) is 12.0 Å². The Morgan fingerprint density at radius 3 is 2.92 bits per heavy atom. The third-order valence-electron chi connectivity index (χ3n) is 1.50. The van der Waals surface area contributed by atoms with Crippen molar-refractivity contribution in [2.24, 2.45) is 4.99 Å². The van der Waals surface area contributed by atoms with Crippen LogP contribution in [0.2, 0.25) is 0 Å². The topological polar surface area (TPSA) is 62.4 Å². The van der Waals surface area contributed by atoms with E-state index in [0.29, 0.717) is 11.4 Å². The normalized spacial score (nSPS) is 8.31. The van der Waals surface area contributed by atoms with Gasteiger partial charge in [0.05, 0.1) is 0 Å². The molecule has 0 bridgehead atoms. The summed E-state index contributed by atoms with van der Waals surface area (Å²) in [7, 11) is 0. The Balaban J connectivity index is 3.26. The molecule has 0 atom stereocenters. The Bertz CT molecular complexity index is 401. The first kappa shape index (κ1) is 8.98. The van der Waals surface area contributed by atoms with Crippen LogP contribution in [0, 0.1) is 18.4 Å². The molecule has 13 heavy (non-hydrogen) atoms. The summed E-state index contributed by atoms with van der Waals surface area (Å²) in [5, 5.41) is 8.32. The average Bonchev–Trinajstić information content (AvgIpc) is 2.11. The zero-order valence-electron chi connectivity index (χ0n) is 6.94. The lowest BCUT2D eigenvalue weighted by molar-refractivity contribution is 0.504. The number of benzene rings is 1. The maximum Gasteiger partial charge on any atom is 0.292 e. The Kier molecular flexibility index (Phi) is 2.80. The number of carbonyl (C=O) groups excluding carboxylic acids is 1. The number of isocyanates is 1. The van der Waals surface area contributed by atoms with Gasteiger partial charge in [-0.2, -0.15) is 4.99 Å². The maximum atomic E-state index is 10.0. The second-order valence-corrected chi connectivity index (χ2v) is 2.32. The van der Waals surface area contributed by atoms with E-state index in [4.69, 9.17) is 5.26 Å². The third kappa shape index (κ3) is 1.92. The monoisotopic (exact) mass is 174 g/mol. The number of rotatable bonds is 2.